The van der Waals surface area contributed by atoms with Crippen LogP contribution in [0.1, 0.15) is 167 Å². The summed E-state index contributed by atoms with van der Waals surface area (Å²) in [5.41, 5.74) is 17.7. The van der Waals surface area contributed by atoms with Crippen LogP contribution in [0, 0.1) is 51.2 Å². The zero-order valence-electron chi connectivity index (χ0n) is 86.9. The van der Waals surface area contributed by atoms with Gasteiger partial charge in [-0.15, -0.1) is 0 Å². The van der Waals surface area contributed by atoms with Gasteiger partial charge in [-0.25, -0.2) is 90.9 Å². The summed E-state index contributed by atoms with van der Waals surface area (Å²) < 4.78 is 228. The molecule has 8 unspecified atom stereocenters. The van der Waals surface area contributed by atoms with Gasteiger partial charge in [-0.3, -0.25) is 55.7 Å². The number of hydrogen-bond donors (Lipinski definition) is 8. The van der Waals surface area contributed by atoms with Crippen molar-refractivity contribution in [2.24, 2.45) is 27.4 Å². The van der Waals surface area contributed by atoms with Crippen molar-refractivity contribution in [3.8, 4) is 23.6 Å². The number of imidazole rings is 4. The maximum absolute atomic E-state index is 16.5. The molecule has 12 heterocycles. The number of carbonyl (C=O) groups is 4. The van der Waals surface area contributed by atoms with E-state index < -0.39 is 184 Å². The molecule has 46 nitrogen and oxygen atoms in total. The minimum absolute atomic E-state index is 0.00451. The quantitative estimate of drug-likeness (QED) is 0.00761. The number of nitrogens with zero attached hydrogens (tertiary/aromatic N) is 14. The number of benzene rings is 1. The second kappa shape index (κ2) is 49.9. The standard InChI is InChI=1S/C28H40FN6O7PS.2C22H31FN5O6P.C21H34FN6O5P/c1-17(2)41-27(36)19(4)34-43(6,37)40-15-22-28(5,12-14-33-44(38,39)20-9-7-18(3)8-10-20)24(29)26(42-22)35-16-32-23-21(30)11-13-31-25(23)35;2*1-13(2)33-21(29)14(3)27-35(6,30)32-11-16-22(4,8-9-24)18(23)20(34-16)28-12-26-17-15(31-5)7-10-25-19(17)28;1-12(2)32-20(29)13(3)27-34(5,30)31-10-15-21(4,7-8-23)17(22)19(33-15)28-11-26-16-14(24)6-9-25-18(16)28/h7-11,13,16-17,19,22,24,26,33H,12,14-15H2,1-6H3,(H2,30,31)(H,34,37);2*7,10,12-14,16,18,20H,8,11H2,1-6H3,(H,27,30);6,9,11-13,15,17,19H,7-8,10,23H2,1-5H3,(H2,24,25)(H,27,30)/t19-,22+,24-,26+,28?,43?;2*14-,16+,18-,20+,22?,35?;13-,15+,17-,19+,21?,34?/m0000/s1. The number of nitriles is 2. The second-order valence-electron chi connectivity index (χ2n) is 38.9. The van der Waals surface area contributed by atoms with Crippen molar-refractivity contribution in [2.75, 3.05) is 91.9 Å². The van der Waals surface area contributed by atoms with E-state index in [0.29, 0.717) is 74.0 Å². The predicted octanol–water partition coefficient (Wildman–Crippen LogP) is 12.8. The number of aryl methyl sites for hydroxylation is 1. The molecule has 4 fully saturated rings. The van der Waals surface area contributed by atoms with Crippen molar-refractivity contribution in [3.63, 3.8) is 0 Å². The number of methoxy groups -OCH3 is 2. The van der Waals surface area contributed by atoms with Gasteiger partial charge < -0.3 is 82.7 Å². The number of carbonyl (C=O) groups excluding carboxylic acids is 4. The molecule has 0 spiro atoms. The van der Waals surface area contributed by atoms with Crippen LogP contribution in [-0.4, -0.2) is 269 Å². The van der Waals surface area contributed by atoms with Gasteiger partial charge in [0, 0.05) is 105 Å². The van der Waals surface area contributed by atoms with Gasteiger partial charge in [-0.2, -0.15) is 10.5 Å². The highest BCUT2D eigenvalue weighted by molar-refractivity contribution is 7.89. The van der Waals surface area contributed by atoms with Crippen molar-refractivity contribution in [1.82, 2.24) is 83.2 Å². The van der Waals surface area contributed by atoms with Gasteiger partial charge in [0.15, 0.2) is 72.2 Å². The summed E-state index contributed by atoms with van der Waals surface area (Å²) in [5.74, 6) is -1.34. The lowest BCUT2D eigenvalue weighted by Crippen LogP contribution is -2.41. The number of nitrogens with two attached hydrogens (primary N) is 3. The molecule has 148 heavy (non-hydrogen) atoms. The monoisotopic (exact) mass is 2180 g/mol. The third kappa shape index (κ3) is 28.6. The first-order valence-electron chi connectivity index (χ1n) is 47.6. The second-order valence-corrected chi connectivity index (χ2v) is 49.5. The number of esters is 4. The number of hydrogen-bond acceptors (Lipinski definition) is 37. The van der Waals surface area contributed by atoms with Crippen molar-refractivity contribution in [3.05, 3.63) is 104 Å². The van der Waals surface area contributed by atoms with E-state index in [1.165, 1.54) is 149 Å². The van der Waals surface area contributed by atoms with Crippen molar-refractivity contribution < 1.29 is 129 Å². The van der Waals surface area contributed by atoms with Gasteiger partial charge in [-0.1, -0.05) is 45.4 Å². The Morgan fingerprint density at radius 3 is 0.973 bits per heavy atom. The van der Waals surface area contributed by atoms with Gasteiger partial charge in [0.1, 0.15) is 57.7 Å². The average Bonchev–Trinajstić information content (AvgIpc) is 1.61. The number of nitrogens with one attached hydrogen (secondary N) is 5. The molecule has 11 N–H and O–H groups in total. The van der Waals surface area contributed by atoms with Crippen LogP contribution in [0.15, 0.2) is 104 Å². The van der Waals surface area contributed by atoms with Crippen LogP contribution in [-0.2, 0) is 103 Å². The zero-order valence-corrected chi connectivity index (χ0v) is 91.2. The molecule has 816 valence electrons. The van der Waals surface area contributed by atoms with Gasteiger partial charge in [-0.05, 0) is 134 Å². The lowest BCUT2D eigenvalue weighted by Gasteiger charge is -2.32. The molecule has 55 heteroatoms. The number of halogens is 4. The van der Waals surface area contributed by atoms with E-state index in [1.54, 1.807) is 119 Å². The summed E-state index contributed by atoms with van der Waals surface area (Å²) in [6.45, 7) is 32.4. The smallest absolute Gasteiger partial charge is 0.323 e. The minimum Gasteiger partial charge on any atom is -0.494 e. The van der Waals surface area contributed by atoms with E-state index in [1.807, 2.05) is 19.1 Å². The van der Waals surface area contributed by atoms with E-state index in [2.05, 4.69) is 64.9 Å². The number of anilines is 2. The van der Waals surface area contributed by atoms with E-state index in [4.69, 9.17) is 82.7 Å². The number of alkyl halides is 4. The molecule has 0 aliphatic carbocycles. The van der Waals surface area contributed by atoms with Crippen LogP contribution in [0.25, 0.3) is 44.7 Å². The molecule has 8 aromatic heterocycles. The van der Waals surface area contributed by atoms with Gasteiger partial charge in [0.25, 0.3) is 30.1 Å². The molecule has 0 bridgehead atoms. The highest BCUT2D eigenvalue weighted by atomic mass is 32.2. The third-order valence-electron chi connectivity index (χ3n) is 25.4. The maximum atomic E-state index is 16.5. The number of fused-ring (bicyclic) bond motifs is 4. The topological polar surface area (TPSA) is 609 Å². The largest absolute Gasteiger partial charge is 0.494 e. The third-order valence-corrected chi connectivity index (χ3v) is 32.8. The number of sulfonamides is 1. The van der Waals surface area contributed by atoms with E-state index in [9.17, 15) is 56.4 Å². The fourth-order valence-electron chi connectivity index (χ4n) is 17.0. The molecule has 1 aromatic carbocycles. The van der Waals surface area contributed by atoms with Crippen LogP contribution < -0.4 is 51.7 Å². The number of pyridine rings is 4. The Morgan fingerprint density at radius 1 is 0.432 bits per heavy atom. The Morgan fingerprint density at radius 2 is 0.696 bits per heavy atom. The Labute approximate surface area is 856 Å². The van der Waals surface area contributed by atoms with E-state index in [-0.39, 0.29) is 88.1 Å². The van der Waals surface area contributed by atoms with Crippen molar-refractivity contribution >= 4 is 120 Å². The summed E-state index contributed by atoms with van der Waals surface area (Å²) in [6, 6.07) is 13.3. The maximum Gasteiger partial charge on any atom is 0.323 e. The van der Waals surface area contributed by atoms with Crippen LogP contribution in [0.5, 0.6) is 11.5 Å². The summed E-state index contributed by atoms with van der Waals surface area (Å²) in [4.78, 5) is 82.7. The molecule has 0 amide bonds. The van der Waals surface area contributed by atoms with E-state index in [0.717, 1.165) is 5.56 Å². The average molecular weight is 2180 g/mol. The lowest BCUT2D eigenvalue weighted by molar-refractivity contribution is -0.149. The molecule has 13 rings (SSSR count). The van der Waals surface area contributed by atoms with Gasteiger partial charge >= 0.3 is 23.9 Å². The van der Waals surface area contributed by atoms with Crippen LogP contribution in [0.3, 0.4) is 0 Å². The Bertz CT molecular complexity index is 6350. The first kappa shape index (κ1) is 120. The molecule has 0 saturated carbocycles. The number of ether oxygens (including phenoxy) is 10. The SMILES string of the molecule is CC(C)OC(=O)[C@H](C)NP(C)(=O)OC[C@H]1O[C@@H](n2cnc3c(N)ccnc32)[C@H](F)C1(C)CCN.COc1ccnc2c1ncn2[C@@H]1O[C@H](COP(C)(=O)N[C@@H](C)C(=O)OC(C)C)C(C)(CC#N)[C@H]1F.COc1ccnc2c1ncn2[C@@H]1O[C@H](COP(C)(=O)N[C@@H](C)C(=O)OC(C)C)C(C)(CC#N)[C@H]1F.Cc1ccc(S(=O)(=O)NCCC2(C)[C@@H](COP(C)(=O)N[C@@H](C)C(=O)OC(C)C)O[C@@H](n3cnc4c(N)ccnc43)[C@@H]2F)cc1. The highest BCUT2D eigenvalue weighted by Crippen LogP contribution is 2.56. The summed E-state index contributed by atoms with van der Waals surface area (Å²) >= 11 is 0. The molecular weight excluding hydrogens is 2040 g/mol. The molecule has 4 saturated heterocycles. The van der Waals surface area contributed by atoms with Crippen LogP contribution in [0.2, 0.25) is 0 Å². The summed E-state index contributed by atoms with van der Waals surface area (Å²) in [6.07, 6.45) is -4.25. The summed E-state index contributed by atoms with van der Waals surface area (Å²) in [7, 11) is -15.0. The molecular formula is C93H136F4N22O24P4S. The highest BCUT2D eigenvalue weighted by Gasteiger charge is 2.60. The molecule has 4 aliphatic heterocycles. The fourth-order valence-corrected chi connectivity index (χ4v) is 23.2. The predicted molar refractivity (Wildman–Crippen MR) is 538 cm³/mol. The minimum atomic E-state index is -3.87. The molecule has 24 atom stereocenters. The van der Waals surface area contributed by atoms with Gasteiger partial charge in [0.05, 0.1) is 143 Å². The number of nitrogen functional groups attached to an aromatic ring is 2. The Kier molecular flexibility index (Phi) is 40.4. The zero-order chi connectivity index (χ0) is 110. The summed E-state index contributed by atoms with van der Waals surface area (Å²) in [5, 5.41) is 29.4. The first-order valence-corrected chi connectivity index (χ1v) is 57.4. The normalized spacial score (nSPS) is 26.3. The molecule has 4 aliphatic rings. The number of rotatable bonds is 43. The first-order chi connectivity index (χ1) is 69.3. The molecule has 9 aromatic rings. The van der Waals surface area contributed by atoms with Crippen molar-refractivity contribution in [2.45, 2.75) is 271 Å². The van der Waals surface area contributed by atoms with E-state index >= 15 is 17.6 Å². The van der Waals surface area contributed by atoms with Gasteiger partial charge in [0.2, 0.25) is 10.0 Å². The molecule has 0 radical (unpaired) electrons. The Balaban J connectivity index is 0.000000203. The van der Waals surface area contributed by atoms with Crippen LogP contribution >= 0.6 is 30.1 Å². The lowest BCUT2D eigenvalue weighted by atomic mass is 9.78. The van der Waals surface area contributed by atoms with Crippen molar-refractivity contribution in [1.29, 1.82) is 10.5 Å². The Hall–Kier alpha value is -10.2. The van der Waals surface area contributed by atoms with Crippen LogP contribution in [0.4, 0.5) is 28.9 Å². The fraction of sp³-hybridized carbons (Fsp3) is 0.613. The number of aromatic nitrogens is 12.